The highest BCUT2D eigenvalue weighted by Gasteiger charge is 2.41. The molecule has 2 aromatic rings. The monoisotopic (exact) mass is 599 g/mol. The molecule has 2 aromatic heterocycles. The number of thiophene rings is 1. The van der Waals surface area contributed by atoms with Crippen LogP contribution >= 0.6 is 11.3 Å². The zero-order valence-electron chi connectivity index (χ0n) is 23.5. The average molecular weight is 600 g/mol. The molecule has 2 saturated heterocycles. The first-order valence-electron chi connectivity index (χ1n) is 13.5. The third-order valence-corrected chi connectivity index (χ3v) is 8.51. The molecule has 4 rings (SSSR count). The lowest BCUT2D eigenvalue weighted by molar-refractivity contribution is -0.311. The van der Waals surface area contributed by atoms with Crippen LogP contribution in [0.5, 0.6) is 0 Å². The van der Waals surface area contributed by atoms with Crippen LogP contribution < -0.4 is 20.8 Å². The van der Waals surface area contributed by atoms with Crippen LogP contribution in [0.15, 0.2) is 35.8 Å². The van der Waals surface area contributed by atoms with Crippen LogP contribution in [0.25, 0.3) is 0 Å². The fourth-order valence-electron chi connectivity index (χ4n) is 5.58. The van der Waals surface area contributed by atoms with Gasteiger partial charge in [0.25, 0.3) is 11.8 Å². The van der Waals surface area contributed by atoms with Crippen LogP contribution in [-0.2, 0) is 26.2 Å². The van der Waals surface area contributed by atoms with Gasteiger partial charge in [0.1, 0.15) is 5.69 Å². The number of aliphatic carboxylic acids is 2. The number of aromatic nitrogens is 1. The second kappa shape index (κ2) is 12.3. The van der Waals surface area contributed by atoms with Gasteiger partial charge in [0.05, 0.1) is 28.9 Å². The molecule has 2 fully saturated rings. The largest absolute Gasteiger partial charge is 0.548 e. The minimum atomic E-state index is -1.45. The Bertz CT molecular complexity index is 1370. The lowest BCUT2D eigenvalue weighted by atomic mass is 9.84. The highest BCUT2D eigenvalue weighted by molar-refractivity contribution is 7.12. The fraction of sp³-hybridized carbons (Fsp3) is 0.500. The SMILES string of the molecule is Cn1cccc1C(=O)N[C@H]1C[C@@H](C(=O)[O-])N(C(=O)CC(C)(C)CC(=O)N2C[C@@H](NC(=O)c3cccs3)C[C@H]2C(=O)[O-])C1. The van der Waals surface area contributed by atoms with E-state index >= 15 is 0 Å². The number of carboxylic acids is 2. The summed E-state index contributed by atoms with van der Waals surface area (Å²) in [5.41, 5.74) is -0.585. The van der Waals surface area contributed by atoms with Gasteiger partial charge in [0.2, 0.25) is 11.8 Å². The Morgan fingerprint density at radius 1 is 0.857 bits per heavy atom. The highest BCUT2D eigenvalue weighted by Crippen LogP contribution is 2.31. The van der Waals surface area contributed by atoms with Gasteiger partial charge in [-0.05, 0) is 41.8 Å². The van der Waals surface area contributed by atoms with E-state index in [4.69, 9.17) is 0 Å². The average Bonchev–Trinajstić information content (AvgIpc) is 3.69. The topological polar surface area (TPSA) is 184 Å². The quantitative estimate of drug-likeness (QED) is 0.330. The van der Waals surface area contributed by atoms with Crippen molar-refractivity contribution in [1.82, 2.24) is 25.0 Å². The number of likely N-dealkylation sites (tertiary alicyclic amines) is 2. The van der Waals surface area contributed by atoms with E-state index in [1.54, 1.807) is 61.3 Å². The number of aryl methyl sites for hydroxylation is 1. The van der Waals surface area contributed by atoms with E-state index in [-0.39, 0.29) is 44.7 Å². The van der Waals surface area contributed by atoms with Gasteiger partial charge in [0.15, 0.2) is 0 Å². The first kappa shape index (κ1) is 30.8. The van der Waals surface area contributed by atoms with Gasteiger partial charge in [-0.3, -0.25) is 19.2 Å². The second-order valence-corrected chi connectivity index (χ2v) is 12.5. The van der Waals surface area contributed by atoms with Crippen molar-refractivity contribution in [2.75, 3.05) is 13.1 Å². The summed E-state index contributed by atoms with van der Waals surface area (Å²) in [7, 11) is 1.70. The normalized spacial score (nSPS) is 22.2. The van der Waals surface area contributed by atoms with E-state index in [0.717, 1.165) is 9.80 Å². The third-order valence-electron chi connectivity index (χ3n) is 7.64. The molecule has 0 bridgehead atoms. The van der Waals surface area contributed by atoms with Gasteiger partial charge in [0, 0.05) is 51.3 Å². The minimum Gasteiger partial charge on any atom is -0.548 e. The van der Waals surface area contributed by atoms with Crippen LogP contribution in [0.3, 0.4) is 0 Å². The number of rotatable bonds is 10. The summed E-state index contributed by atoms with van der Waals surface area (Å²) in [4.78, 5) is 78.1. The van der Waals surface area contributed by atoms with Crippen LogP contribution in [-0.4, -0.2) is 87.2 Å². The Balaban J connectivity index is 1.37. The molecule has 0 spiro atoms. The van der Waals surface area contributed by atoms with Crippen molar-refractivity contribution in [3.8, 4) is 0 Å². The molecule has 2 aliphatic heterocycles. The number of carboxylic acid groups (broad SMARTS) is 2. The number of amides is 4. The second-order valence-electron chi connectivity index (χ2n) is 11.6. The zero-order valence-corrected chi connectivity index (χ0v) is 24.3. The Hall–Kier alpha value is -4.20. The predicted molar refractivity (Wildman–Crippen MR) is 146 cm³/mol. The summed E-state index contributed by atoms with van der Waals surface area (Å²) >= 11 is 1.24. The van der Waals surface area contributed by atoms with Crippen molar-refractivity contribution in [1.29, 1.82) is 0 Å². The van der Waals surface area contributed by atoms with Crippen LogP contribution in [0, 0.1) is 5.41 Å². The molecule has 226 valence electrons. The first-order chi connectivity index (χ1) is 19.8. The van der Waals surface area contributed by atoms with Crippen molar-refractivity contribution in [2.24, 2.45) is 12.5 Å². The molecule has 0 saturated carbocycles. The fourth-order valence-corrected chi connectivity index (χ4v) is 6.21. The van der Waals surface area contributed by atoms with Gasteiger partial charge in [-0.25, -0.2) is 0 Å². The molecule has 4 atom stereocenters. The summed E-state index contributed by atoms with van der Waals surface area (Å²) in [6.07, 6.45) is 1.26. The Morgan fingerprint density at radius 3 is 1.81 bits per heavy atom. The van der Waals surface area contributed by atoms with Crippen LogP contribution in [0.1, 0.15) is 59.7 Å². The molecule has 0 unspecified atom stereocenters. The molecular weight excluding hydrogens is 566 g/mol. The van der Waals surface area contributed by atoms with E-state index in [2.05, 4.69) is 10.6 Å². The van der Waals surface area contributed by atoms with Crippen molar-refractivity contribution >= 4 is 46.9 Å². The number of nitrogens with zero attached hydrogens (tertiary/aromatic N) is 3. The molecular formula is C28H33N5O8S-2. The molecule has 0 aliphatic carbocycles. The Kier molecular flexibility index (Phi) is 9.04. The van der Waals surface area contributed by atoms with E-state index in [9.17, 15) is 39.0 Å². The third kappa shape index (κ3) is 6.98. The molecule has 42 heavy (non-hydrogen) atoms. The van der Waals surface area contributed by atoms with E-state index < -0.39 is 59.2 Å². The zero-order chi connectivity index (χ0) is 30.8. The molecule has 2 aliphatic rings. The Labute approximate surface area is 246 Å². The van der Waals surface area contributed by atoms with Gasteiger partial charge in [-0.2, -0.15) is 0 Å². The maximum Gasteiger partial charge on any atom is 0.268 e. The molecule has 14 heteroatoms. The van der Waals surface area contributed by atoms with Gasteiger partial charge >= 0.3 is 0 Å². The standard InChI is InChI=1S/C28H35N5O8S/c1-28(2,13-23(35)33-15-17(11-20(33)27(40)41)30-25(37)21-7-5-9-42-21)12-22(34)32-14-16(10-19(32)26(38)39)29-24(36)18-6-4-8-31(18)3/h4-9,16-17,19-20H,10-15H2,1-3H3,(H,29,36)(H,30,37)(H,38,39)(H,40,41)/p-2/t16-,17-,19-,20-/m0/s1. The maximum absolute atomic E-state index is 13.3. The number of hydrogen-bond donors (Lipinski definition) is 2. The number of carbonyl (C=O) groups excluding carboxylic acids is 6. The number of carbonyl (C=O) groups is 6. The van der Waals surface area contributed by atoms with E-state index in [1.165, 1.54) is 11.3 Å². The predicted octanol–water partition coefficient (Wildman–Crippen LogP) is -1.51. The van der Waals surface area contributed by atoms with E-state index in [0.29, 0.717) is 10.6 Å². The molecule has 13 nitrogen and oxygen atoms in total. The highest BCUT2D eigenvalue weighted by atomic mass is 32.1. The Morgan fingerprint density at radius 2 is 1.38 bits per heavy atom. The van der Waals surface area contributed by atoms with Crippen LogP contribution in [0.2, 0.25) is 0 Å². The summed E-state index contributed by atoms with van der Waals surface area (Å²) < 4.78 is 1.62. The minimum absolute atomic E-state index is 0.0124. The summed E-state index contributed by atoms with van der Waals surface area (Å²) in [6.45, 7) is 3.24. The van der Waals surface area contributed by atoms with Crippen molar-refractivity contribution < 1.29 is 39.0 Å². The van der Waals surface area contributed by atoms with Gasteiger partial charge < -0.3 is 44.8 Å². The summed E-state index contributed by atoms with van der Waals surface area (Å²) in [5.74, 6) is -4.71. The van der Waals surface area contributed by atoms with Crippen molar-refractivity contribution in [2.45, 2.75) is 63.7 Å². The van der Waals surface area contributed by atoms with Crippen molar-refractivity contribution in [3.05, 3.63) is 46.4 Å². The molecule has 0 radical (unpaired) electrons. The number of nitrogens with one attached hydrogen (secondary N) is 2. The molecule has 2 N–H and O–H groups in total. The molecule has 0 aromatic carbocycles. The lowest BCUT2D eigenvalue weighted by Gasteiger charge is -2.32. The first-order valence-corrected chi connectivity index (χ1v) is 14.4. The van der Waals surface area contributed by atoms with Gasteiger partial charge in [-0.15, -0.1) is 11.3 Å². The smallest absolute Gasteiger partial charge is 0.268 e. The maximum atomic E-state index is 13.3. The molecule has 4 amide bonds. The van der Waals surface area contributed by atoms with E-state index in [1.807, 2.05) is 0 Å². The van der Waals surface area contributed by atoms with Crippen LogP contribution in [0.4, 0.5) is 0 Å². The summed E-state index contributed by atoms with van der Waals surface area (Å²) in [6, 6.07) is 2.98. The molecule has 4 heterocycles. The summed E-state index contributed by atoms with van der Waals surface area (Å²) in [5, 5.41) is 31.0. The number of hydrogen-bond acceptors (Lipinski definition) is 9. The van der Waals surface area contributed by atoms with Gasteiger partial charge in [-0.1, -0.05) is 19.9 Å². The van der Waals surface area contributed by atoms with Crippen molar-refractivity contribution in [3.63, 3.8) is 0 Å². The lowest BCUT2D eigenvalue weighted by Crippen LogP contribution is -2.49.